The van der Waals surface area contributed by atoms with Crippen molar-refractivity contribution >= 4 is 38.9 Å². The third kappa shape index (κ3) is 3.67. The molecule has 9 nitrogen and oxygen atoms in total. The van der Waals surface area contributed by atoms with Crippen molar-refractivity contribution in [1.29, 1.82) is 0 Å². The number of hydrogen-bond acceptors (Lipinski definition) is 8. The number of para-hydroxylation sites is 1. The van der Waals surface area contributed by atoms with Crippen LogP contribution in [0.1, 0.15) is 5.56 Å². The summed E-state index contributed by atoms with van der Waals surface area (Å²) in [5, 5.41) is 17.7. The Balaban J connectivity index is 1.58. The summed E-state index contributed by atoms with van der Waals surface area (Å²) in [4.78, 5) is 19.2. The first-order valence-corrected chi connectivity index (χ1v) is 9.04. The predicted molar refractivity (Wildman–Crippen MR) is 106 cm³/mol. The van der Waals surface area contributed by atoms with Gasteiger partial charge in [-0.05, 0) is 45.8 Å². The van der Waals surface area contributed by atoms with Gasteiger partial charge in [0.1, 0.15) is 6.33 Å². The van der Waals surface area contributed by atoms with E-state index in [0.717, 1.165) is 10.0 Å². The zero-order valence-electron chi connectivity index (χ0n) is 14.4. The predicted octanol–water partition coefficient (Wildman–Crippen LogP) is 4.23. The van der Waals surface area contributed by atoms with E-state index >= 15 is 0 Å². The van der Waals surface area contributed by atoms with Crippen molar-refractivity contribution in [3.63, 3.8) is 0 Å². The van der Waals surface area contributed by atoms with E-state index in [2.05, 4.69) is 36.5 Å². The Morgan fingerprint density at radius 3 is 2.71 bits per heavy atom. The van der Waals surface area contributed by atoms with Crippen LogP contribution >= 0.6 is 15.9 Å². The van der Waals surface area contributed by atoms with Crippen molar-refractivity contribution in [1.82, 2.24) is 9.97 Å². The monoisotopic (exact) mass is 443 g/mol. The standard InChI is InChI=1S/C18H14BrN5O4/c19-12-3-1-2-4-13(12)23-18-16(24(25)26)17(21-9-22-18)20-8-11-5-6-14-15(7-11)28-10-27-14/h1-7,9H,8,10H2,(H2,20,21,22,23). The molecule has 142 valence electrons. The van der Waals surface area contributed by atoms with Gasteiger partial charge >= 0.3 is 5.69 Å². The number of nitrogens with zero attached hydrogens (tertiary/aromatic N) is 3. The molecule has 1 aliphatic rings. The van der Waals surface area contributed by atoms with Crippen molar-refractivity contribution < 1.29 is 14.4 Å². The van der Waals surface area contributed by atoms with E-state index in [1.54, 1.807) is 12.1 Å². The second-order valence-corrected chi connectivity index (χ2v) is 6.68. The molecule has 0 amide bonds. The average Bonchev–Trinajstić information content (AvgIpc) is 3.16. The topological polar surface area (TPSA) is 111 Å². The third-order valence-corrected chi connectivity index (χ3v) is 4.72. The molecule has 0 fully saturated rings. The molecule has 2 aromatic carbocycles. The first-order valence-electron chi connectivity index (χ1n) is 8.25. The number of rotatable bonds is 6. The summed E-state index contributed by atoms with van der Waals surface area (Å²) < 4.78 is 11.4. The van der Waals surface area contributed by atoms with Gasteiger partial charge < -0.3 is 20.1 Å². The number of hydrogen-bond donors (Lipinski definition) is 2. The summed E-state index contributed by atoms with van der Waals surface area (Å²) >= 11 is 3.41. The van der Waals surface area contributed by atoms with Gasteiger partial charge in [-0.1, -0.05) is 18.2 Å². The second kappa shape index (κ2) is 7.69. The van der Waals surface area contributed by atoms with Gasteiger partial charge in [0.15, 0.2) is 11.5 Å². The second-order valence-electron chi connectivity index (χ2n) is 5.82. The van der Waals surface area contributed by atoms with Gasteiger partial charge in [-0.3, -0.25) is 10.1 Å². The average molecular weight is 444 g/mol. The molecule has 10 heteroatoms. The fourth-order valence-corrected chi connectivity index (χ4v) is 3.08. The summed E-state index contributed by atoms with van der Waals surface area (Å²) in [6, 6.07) is 12.8. The van der Waals surface area contributed by atoms with Crippen LogP contribution in [-0.2, 0) is 6.54 Å². The van der Waals surface area contributed by atoms with Gasteiger partial charge in [-0.15, -0.1) is 0 Å². The maximum atomic E-state index is 11.7. The Labute approximate surface area is 168 Å². The fourth-order valence-electron chi connectivity index (χ4n) is 2.70. The third-order valence-electron chi connectivity index (χ3n) is 4.03. The maximum absolute atomic E-state index is 11.7. The molecule has 0 spiro atoms. The number of anilines is 3. The van der Waals surface area contributed by atoms with Gasteiger partial charge in [0.25, 0.3) is 0 Å². The Morgan fingerprint density at radius 2 is 1.89 bits per heavy atom. The van der Waals surface area contributed by atoms with E-state index in [1.165, 1.54) is 6.33 Å². The van der Waals surface area contributed by atoms with Crippen LogP contribution in [-0.4, -0.2) is 21.7 Å². The summed E-state index contributed by atoms with van der Waals surface area (Å²) in [7, 11) is 0. The molecule has 4 rings (SSSR count). The molecule has 1 aromatic heterocycles. The lowest BCUT2D eigenvalue weighted by molar-refractivity contribution is -0.383. The number of benzene rings is 2. The zero-order chi connectivity index (χ0) is 19.5. The van der Waals surface area contributed by atoms with Crippen molar-refractivity contribution in [2.45, 2.75) is 6.54 Å². The van der Waals surface area contributed by atoms with Crippen molar-refractivity contribution in [3.05, 3.63) is 68.9 Å². The van der Waals surface area contributed by atoms with Crippen LogP contribution in [0.2, 0.25) is 0 Å². The highest BCUT2D eigenvalue weighted by molar-refractivity contribution is 9.10. The van der Waals surface area contributed by atoms with E-state index < -0.39 is 4.92 Å². The number of halogens is 1. The lowest BCUT2D eigenvalue weighted by Gasteiger charge is -2.11. The highest BCUT2D eigenvalue weighted by Gasteiger charge is 2.23. The molecule has 28 heavy (non-hydrogen) atoms. The minimum absolute atomic E-state index is 0.0973. The summed E-state index contributed by atoms with van der Waals surface area (Å²) in [6.07, 6.45) is 1.27. The fraction of sp³-hybridized carbons (Fsp3) is 0.111. The lowest BCUT2D eigenvalue weighted by atomic mass is 10.2. The SMILES string of the molecule is O=[N+]([O-])c1c(NCc2ccc3c(c2)OCO3)ncnc1Nc1ccccc1Br. The molecule has 3 aromatic rings. The molecular weight excluding hydrogens is 430 g/mol. The number of ether oxygens (including phenoxy) is 2. The van der Waals surface area contributed by atoms with E-state index in [9.17, 15) is 10.1 Å². The minimum Gasteiger partial charge on any atom is -0.454 e. The van der Waals surface area contributed by atoms with Gasteiger partial charge in [0, 0.05) is 11.0 Å². The molecule has 2 N–H and O–H groups in total. The summed E-state index contributed by atoms with van der Waals surface area (Å²) in [6.45, 7) is 0.511. The molecular formula is C18H14BrN5O4. The lowest BCUT2D eigenvalue weighted by Crippen LogP contribution is -2.08. The van der Waals surface area contributed by atoms with Gasteiger partial charge in [-0.2, -0.15) is 0 Å². The van der Waals surface area contributed by atoms with Gasteiger partial charge in [-0.25, -0.2) is 9.97 Å². The molecule has 0 saturated carbocycles. The molecule has 1 aliphatic heterocycles. The van der Waals surface area contributed by atoms with Crippen LogP contribution < -0.4 is 20.1 Å². The Hall–Kier alpha value is -3.40. The van der Waals surface area contributed by atoms with Gasteiger partial charge in [0.2, 0.25) is 18.4 Å². The van der Waals surface area contributed by atoms with E-state index in [1.807, 2.05) is 30.3 Å². The first-order chi connectivity index (χ1) is 13.6. The highest BCUT2D eigenvalue weighted by Crippen LogP contribution is 2.35. The quantitative estimate of drug-likeness (QED) is 0.429. The zero-order valence-corrected chi connectivity index (χ0v) is 16.0. The van der Waals surface area contributed by atoms with Crippen molar-refractivity contribution in [2.24, 2.45) is 0 Å². The van der Waals surface area contributed by atoms with Crippen LogP contribution in [0.3, 0.4) is 0 Å². The summed E-state index contributed by atoms with van der Waals surface area (Å²) in [5.41, 5.74) is 1.29. The van der Waals surface area contributed by atoms with Crippen molar-refractivity contribution in [2.75, 3.05) is 17.4 Å². The number of aromatic nitrogens is 2. The maximum Gasteiger partial charge on any atom is 0.353 e. The van der Waals surface area contributed by atoms with E-state index in [0.29, 0.717) is 23.7 Å². The van der Waals surface area contributed by atoms with E-state index in [4.69, 9.17) is 9.47 Å². The smallest absolute Gasteiger partial charge is 0.353 e. The molecule has 0 aliphatic carbocycles. The molecule has 2 heterocycles. The van der Waals surface area contributed by atoms with Crippen LogP contribution in [0.5, 0.6) is 11.5 Å². The molecule has 0 radical (unpaired) electrons. The Morgan fingerprint density at radius 1 is 1.11 bits per heavy atom. The normalized spacial score (nSPS) is 11.9. The summed E-state index contributed by atoms with van der Waals surface area (Å²) in [5.74, 6) is 1.54. The highest BCUT2D eigenvalue weighted by atomic mass is 79.9. The van der Waals surface area contributed by atoms with Crippen LogP contribution in [0.4, 0.5) is 23.0 Å². The first kappa shape index (κ1) is 18.0. The number of nitrogens with one attached hydrogen (secondary N) is 2. The van der Waals surface area contributed by atoms with Crippen LogP contribution in [0.15, 0.2) is 53.3 Å². The molecule has 0 bridgehead atoms. The Kier molecular flexibility index (Phi) is 4.94. The number of fused-ring (bicyclic) bond motifs is 1. The molecule has 0 unspecified atom stereocenters. The minimum atomic E-state index is -0.513. The molecule has 0 atom stereocenters. The van der Waals surface area contributed by atoms with Gasteiger partial charge in [0.05, 0.1) is 10.6 Å². The largest absolute Gasteiger partial charge is 0.454 e. The van der Waals surface area contributed by atoms with Crippen LogP contribution in [0.25, 0.3) is 0 Å². The molecule has 0 saturated heterocycles. The van der Waals surface area contributed by atoms with Crippen LogP contribution in [0, 0.1) is 10.1 Å². The van der Waals surface area contributed by atoms with Crippen molar-refractivity contribution in [3.8, 4) is 11.5 Å². The number of nitro groups is 1. The Bertz CT molecular complexity index is 1050. The van der Waals surface area contributed by atoms with E-state index in [-0.39, 0.29) is 24.1 Å².